The van der Waals surface area contributed by atoms with Gasteiger partial charge in [-0.1, -0.05) is 41.7 Å². The van der Waals surface area contributed by atoms with E-state index < -0.39 is 0 Å². The zero-order chi connectivity index (χ0) is 17.1. The van der Waals surface area contributed by atoms with E-state index in [-0.39, 0.29) is 11.7 Å². The number of rotatable bonds is 4. The van der Waals surface area contributed by atoms with Crippen molar-refractivity contribution in [2.24, 2.45) is 0 Å². The summed E-state index contributed by atoms with van der Waals surface area (Å²) in [5.41, 5.74) is 2.72. The number of ketones is 1. The van der Waals surface area contributed by atoms with Crippen LogP contribution in [0, 0.1) is 6.92 Å². The number of carbonyl (C=O) groups excluding carboxylic acids is 2. The van der Waals surface area contributed by atoms with Crippen LogP contribution in [-0.4, -0.2) is 21.7 Å². The normalized spacial score (nSPS) is 10.4. The lowest BCUT2D eigenvalue weighted by Gasteiger charge is -2.01. The van der Waals surface area contributed by atoms with Crippen molar-refractivity contribution < 1.29 is 9.59 Å². The van der Waals surface area contributed by atoms with Crippen LogP contribution in [0.2, 0.25) is 0 Å². The number of nitrogens with one attached hydrogen (secondary N) is 1. The van der Waals surface area contributed by atoms with Crippen LogP contribution in [0.4, 0.5) is 5.13 Å². The number of Topliss-reactive ketones (excluding diaryl/α,β-unsaturated/α-hetero) is 1. The molecule has 0 aliphatic rings. The Balaban J connectivity index is 1.90. The molecule has 0 fully saturated rings. The molecule has 5 nitrogen and oxygen atoms in total. The molecular formula is C18H15N3O2S. The molecule has 1 N–H and O–H groups in total. The number of benzene rings is 1. The summed E-state index contributed by atoms with van der Waals surface area (Å²) in [6.07, 6.45) is 1.52. The highest BCUT2D eigenvalue weighted by atomic mass is 32.1. The Bertz CT molecular complexity index is 886. The lowest BCUT2D eigenvalue weighted by atomic mass is 10.1. The molecule has 2 heterocycles. The van der Waals surface area contributed by atoms with Crippen LogP contribution in [0.3, 0.4) is 0 Å². The van der Waals surface area contributed by atoms with Crippen LogP contribution in [-0.2, 0) is 0 Å². The lowest BCUT2D eigenvalue weighted by molar-refractivity contribution is 0.101. The molecule has 6 heteroatoms. The summed E-state index contributed by atoms with van der Waals surface area (Å²) in [5.74, 6) is -0.380. The molecule has 0 saturated carbocycles. The van der Waals surface area contributed by atoms with Gasteiger partial charge in [-0.25, -0.2) is 4.98 Å². The zero-order valence-electron chi connectivity index (χ0n) is 13.2. The van der Waals surface area contributed by atoms with E-state index in [0.717, 1.165) is 11.3 Å². The van der Waals surface area contributed by atoms with Gasteiger partial charge in [0, 0.05) is 24.4 Å². The first kappa shape index (κ1) is 16.0. The van der Waals surface area contributed by atoms with Crippen molar-refractivity contribution in [3.8, 4) is 11.3 Å². The molecule has 0 radical (unpaired) electrons. The topological polar surface area (TPSA) is 72.0 Å². The van der Waals surface area contributed by atoms with Gasteiger partial charge in [0.25, 0.3) is 5.91 Å². The summed E-state index contributed by atoms with van der Waals surface area (Å²) in [6.45, 7) is 3.35. The van der Waals surface area contributed by atoms with Gasteiger partial charge in [-0.2, -0.15) is 0 Å². The first-order valence-electron chi connectivity index (χ1n) is 7.36. The standard InChI is InChI=1S/C18H15N3O2S/c1-11-8-9-14(10-19-11)17(23)21-18-20-15(16(24-18)12(2)22)13-6-4-3-5-7-13/h3-10H,1-2H3,(H,20,21,23). The quantitative estimate of drug-likeness (QED) is 0.731. The highest BCUT2D eigenvalue weighted by molar-refractivity contribution is 7.18. The SMILES string of the molecule is CC(=O)c1sc(NC(=O)c2ccc(C)nc2)nc1-c1ccccc1. The maximum atomic E-state index is 12.3. The third-order valence-electron chi connectivity index (χ3n) is 3.39. The van der Waals surface area contributed by atoms with Crippen LogP contribution >= 0.6 is 11.3 Å². The third kappa shape index (κ3) is 3.38. The number of hydrogen-bond acceptors (Lipinski definition) is 5. The van der Waals surface area contributed by atoms with E-state index in [4.69, 9.17) is 0 Å². The minimum absolute atomic E-state index is 0.0798. The van der Waals surface area contributed by atoms with E-state index in [0.29, 0.717) is 21.3 Å². The van der Waals surface area contributed by atoms with Crippen LogP contribution in [0.1, 0.15) is 32.6 Å². The average Bonchev–Trinajstić information content (AvgIpc) is 3.00. The van der Waals surface area contributed by atoms with Gasteiger partial charge in [-0.15, -0.1) is 0 Å². The summed E-state index contributed by atoms with van der Waals surface area (Å²) >= 11 is 1.18. The molecular weight excluding hydrogens is 322 g/mol. The number of aromatic nitrogens is 2. The minimum Gasteiger partial charge on any atom is -0.298 e. The van der Waals surface area contributed by atoms with Crippen LogP contribution < -0.4 is 5.32 Å². The van der Waals surface area contributed by atoms with E-state index in [9.17, 15) is 9.59 Å². The number of carbonyl (C=O) groups is 2. The Morgan fingerprint density at radius 1 is 1.08 bits per heavy atom. The predicted molar refractivity (Wildman–Crippen MR) is 94.5 cm³/mol. The summed E-state index contributed by atoms with van der Waals surface area (Å²) in [7, 11) is 0. The molecule has 0 spiro atoms. The van der Waals surface area contributed by atoms with Crippen molar-refractivity contribution in [1.29, 1.82) is 0 Å². The Kier molecular flexibility index (Phi) is 4.48. The Labute approximate surface area is 143 Å². The van der Waals surface area contributed by atoms with Crippen LogP contribution in [0.5, 0.6) is 0 Å². The monoisotopic (exact) mass is 337 g/mol. The van der Waals surface area contributed by atoms with Gasteiger partial charge in [0.1, 0.15) is 0 Å². The summed E-state index contributed by atoms with van der Waals surface area (Å²) in [5, 5.41) is 3.13. The highest BCUT2D eigenvalue weighted by Gasteiger charge is 2.18. The van der Waals surface area contributed by atoms with Gasteiger partial charge in [0.15, 0.2) is 10.9 Å². The van der Waals surface area contributed by atoms with E-state index in [1.165, 1.54) is 24.5 Å². The Hall–Kier alpha value is -2.86. The summed E-state index contributed by atoms with van der Waals surface area (Å²) in [6, 6.07) is 12.9. The fourth-order valence-corrected chi connectivity index (χ4v) is 3.05. The fourth-order valence-electron chi connectivity index (χ4n) is 2.18. The van der Waals surface area contributed by atoms with E-state index in [1.54, 1.807) is 12.1 Å². The molecule has 0 aliphatic carbocycles. The number of pyridine rings is 1. The number of nitrogens with zero attached hydrogens (tertiary/aromatic N) is 2. The minimum atomic E-state index is -0.300. The molecule has 0 aliphatic heterocycles. The van der Waals surface area contributed by atoms with Crippen LogP contribution in [0.15, 0.2) is 48.7 Å². The van der Waals surface area contributed by atoms with Gasteiger partial charge < -0.3 is 0 Å². The second-order valence-corrected chi connectivity index (χ2v) is 6.26. The molecule has 0 atom stereocenters. The molecule has 0 bridgehead atoms. The summed E-state index contributed by atoms with van der Waals surface area (Å²) in [4.78, 5) is 33.2. The van der Waals surface area contributed by atoms with Crippen molar-refractivity contribution in [2.75, 3.05) is 5.32 Å². The fraction of sp³-hybridized carbons (Fsp3) is 0.111. The molecule has 24 heavy (non-hydrogen) atoms. The third-order valence-corrected chi connectivity index (χ3v) is 4.46. The number of hydrogen-bond donors (Lipinski definition) is 1. The second kappa shape index (κ2) is 6.72. The van der Waals surface area contributed by atoms with E-state index >= 15 is 0 Å². The first-order valence-corrected chi connectivity index (χ1v) is 8.17. The predicted octanol–water partition coefficient (Wildman–Crippen LogP) is 3.97. The van der Waals surface area contributed by atoms with Crippen molar-refractivity contribution in [2.45, 2.75) is 13.8 Å². The zero-order valence-corrected chi connectivity index (χ0v) is 14.1. The maximum absolute atomic E-state index is 12.3. The smallest absolute Gasteiger partial charge is 0.259 e. The van der Waals surface area contributed by atoms with Crippen molar-refractivity contribution in [3.63, 3.8) is 0 Å². The van der Waals surface area contributed by atoms with Crippen molar-refractivity contribution >= 4 is 28.2 Å². The average molecular weight is 337 g/mol. The van der Waals surface area contributed by atoms with E-state index in [2.05, 4.69) is 15.3 Å². The van der Waals surface area contributed by atoms with E-state index in [1.807, 2.05) is 37.3 Å². The maximum Gasteiger partial charge on any atom is 0.259 e. The molecule has 2 aromatic heterocycles. The Morgan fingerprint density at radius 3 is 2.46 bits per heavy atom. The van der Waals surface area contributed by atoms with Crippen molar-refractivity contribution in [3.05, 3.63) is 64.8 Å². The van der Waals surface area contributed by atoms with Gasteiger partial charge in [-0.3, -0.25) is 19.9 Å². The molecule has 1 amide bonds. The Morgan fingerprint density at radius 2 is 1.83 bits per heavy atom. The lowest BCUT2D eigenvalue weighted by Crippen LogP contribution is -2.12. The second-order valence-electron chi connectivity index (χ2n) is 5.26. The molecule has 3 aromatic rings. The highest BCUT2D eigenvalue weighted by Crippen LogP contribution is 2.31. The van der Waals surface area contributed by atoms with Crippen molar-refractivity contribution in [1.82, 2.24) is 9.97 Å². The number of aryl methyl sites for hydroxylation is 1. The number of thiazole rings is 1. The largest absolute Gasteiger partial charge is 0.298 e. The molecule has 3 rings (SSSR count). The first-order chi connectivity index (χ1) is 11.5. The van der Waals surface area contributed by atoms with Gasteiger partial charge in [0.05, 0.1) is 16.1 Å². The van der Waals surface area contributed by atoms with Gasteiger partial charge in [-0.05, 0) is 19.1 Å². The molecule has 120 valence electrons. The molecule has 0 unspecified atom stereocenters. The van der Waals surface area contributed by atoms with Crippen LogP contribution in [0.25, 0.3) is 11.3 Å². The number of amides is 1. The van der Waals surface area contributed by atoms with Gasteiger partial charge >= 0.3 is 0 Å². The van der Waals surface area contributed by atoms with Gasteiger partial charge in [0.2, 0.25) is 0 Å². The molecule has 0 saturated heterocycles. The summed E-state index contributed by atoms with van der Waals surface area (Å²) < 4.78 is 0. The molecule has 1 aromatic carbocycles. The number of anilines is 1.